The SMILES string of the molecule is COc1cc(F)ccc1NC(=O)N(C)Cc1ccc(Cl)s1. The van der Waals surface area contributed by atoms with E-state index in [2.05, 4.69) is 5.32 Å². The summed E-state index contributed by atoms with van der Waals surface area (Å²) in [5.41, 5.74) is 0.417. The summed E-state index contributed by atoms with van der Waals surface area (Å²) in [6.45, 7) is 0.437. The number of carbonyl (C=O) groups excluding carboxylic acids is 1. The van der Waals surface area contributed by atoms with Crippen LogP contribution in [0.25, 0.3) is 0 Å². The Morgan fingerprint density at radius 3 is 2.81 bits per heavy atom. The van der Waals surface area contributed by atoms with Gasteiger partial charge in [0.1, 0.15) is 11.6 Å². The van der Waals surface area contributed by atoms with Crippen LogP contribution >= 0.6 is 22.9 Å². The Morgan fingerprint density at radius 2 is 2.19 bits per heavy atom. The van der Waals surface area contributed by atoms with E-state index in [0.717, 1.165) is 4.88 Å². The Kier molecular flexibility index (Phi) is 5.03. The van der Waals surface area contributed by atoms with Gasteiger partial charge in [-0.15, -0.1) is 11.3 Å². The minimum absolute atomic E-state index is 0.274. The number of methoxy groups -OCH3 is 1. The summed E-state index contributed by atoms with van der Waals surface area (Å²) in [6.07, 6.45) is 0. The van der Waals surface area contributed by atoms with E-state index in [-0.39, 0.29) is 11.8 Å². The molecule has 1 aromatic heterocycles. The Labute approximate surface area is 131 Å². The van der Waals surface area contributed by atoms with Gasteiger partial charge in [-0.3, -0.25) is 0 Å². The van der Waals surface area contributed by atoms with Crippen molar-refractivity contribution in [3.8, 4) is 5.75 Å². The number of anilines is 1. The van der Waals surface area contributed by atoms with Gasteiger partial charge in [0, 0.05) is 18.0 Å². The van der Waals surface area contributed by atoms with Gasteiger partial charge >= 0.3 is 6.03 Å². The average Bonchev–Trinajstić information content (AvgIpc) is 2.85. The second kappa shape index (κ2) is 6.78. The summed E-state index contributed by atoms with van der Waals surface area (Å²) in [5, 5.41) is 2.68. The number of urea groups is 1. The highest BCUT2D eigenvalue weighted by Gasteiger charge is 2.13. The fraction of sp³-hybridized carbons (Fsp3) is 0.214. The molecule has 0 saturated heterocycles. The highest BCUT2D eigenvalue weighted by Crippen LogP contribution is 2.26. The molecule has 0 radical (unpaired) electrons. The standard InChI is InChI=1S/C14H14ClFN2O2S/c1-18(8-10-4-6-13(15)21-10)14(19)17-11-5-3-9(16)7-12(11)20-2/h3-7H,8H2,1-2H3,(H,17,19). The van der Waals surface area contributed by atoms with Gasteiger partial charge in [0.15, 0.2) is 0 Å². The van der Waals surface area contributed by atoms with Crippen LogP contribution in [0.5, 0.6) is 5.75 Å². The summed E-state index contributed by atoms with van der Waals surface area (Å²) in [7, 11) is 3.08. The number of halogens is 2. The lowest BCUT2D eigenvalue weighted by molar-refractivity contribution is 0.221. The van der Waals surface area contributed by atoms with E-state index in [4.69, 9.17) is 16.3 Å². The van der Waals surface area contributed by atoms with Gasteiger partial charge < -0.3 is 15.0 Å². The van der Waals surface area contributed by atoms with Crippen molar-refractivity contribution in [3.05, 3.63) is 45.4 Å². The minimum Gasteiger partial charge on any atom is -0.494 e. The van der Waals surface area contributed by atoms with E-state index in [1.54, 1.807) is 13.1 Å². The number of nitrogens with one attached hydrogen (secondary N) is 1. The molecule has 0 fully saturated rings. The first-order valence-corrected chi connectivity index (χ1v) is 7.29. The third kappa shape index (κ3) is 4.09. The van der Waals surface area contributed by atoms with Crippen LogP contribution in [-0.4, -0.2) is 25.1 Å². The third-order valence-corrected chi connectivity index (χ3v) is 3.99. The zero-order chi connectivity index (χ0) is 15.4. The quantitative estimate of drug-likeness (QED) is 0.913. The number of ether oxygens (including phenoxy) is 1. The number of nitrogens with zero attached hydrogens (tertiary/aromatic N) is 1. The van der Waals surface area contributed by atoms with Crippen molar-refractivity contribution in [1.82, 2.24) is 4.90 Å². The molecule has 0 saturated carbocycles. The number of hydrogen-bond donors (Lipinski definition) is 1. The maximum absolute atomic E-state index is 13.1. The molecule has 7 heteroatoms. The minimum atomic E-state index is -0.425. The van der Waals surface area contributed by atoms with Crippen molar-refractivity contribution in [2.24, 2.45) is 0 Å². The largest absolute Gasteiger partial charge is 0.494 e. The maximum Gasteiger partial charge on any atom is 0.322 e. The summed E-state index contributed by atoms with van der Waals surface area (Å²) < 4.78 is 18.8. The molecule has 21 heavy (non-hydrogen) atoms. The zero-order valence-corrected chi connectivity index (χ0v) is 13.1. The third-order valence-electron chi connectivity index (χ3n) is 2.77. The van der Waals surface area contributed by atoms with E-state index in [9.17, 15) is 9.18 Å². The lowest BCUT2D eigenvalue weighted by Gasteiger charge is -2.18. The molecule has 4 nitrogen and oxygen atoms in total. The van der Waals surface area contributed by atoms with Crippen LogP contribution in [0.4, 0.5) is 14.9 Å². The summed E-state index contributed by atoms with van der Waals surface area (Å²) >= 11 is 7.27. The molecule has 0 aliphatic carbocycles. The smallest absolute Gasteiger partial charge is 0.322 e. The number of benzene rings is 1. The van der Waals surface area contributed by atoms with Gasteiger partial charge in [-0.25, -0.2) is 9.18 Å². The average molecular weight is 329 g/mol. The summed E-state index contributed by atoms with van der Waals surface area (Å²) in [5.74, 6) is -0.151. The molecule has 0 spiro atoms. The Balaban J connectivity index is 2.03. The van der Waals surface area contributed by atoms with Gasteiger partial charge in [0.2, 0.25) is 0 Å². The highest BCUT2D eigenvalue weighted by molar-refractivity contribution is 7.16. The Hall–Kier alpha value is -1.79. The Morgan fingerprint density at radius 1 is 1.43 bits per heavy atom. The van der Waals surface area contributed by atoms with E-state index >= 15 is 0 Å². The van der Waals surface area contributed by atoms with Crippen LogP contribution in [-0.2, 0) is 6.54 Å². The number of carbonyl (C=O) groups is 1. The van der Waals surface area contributed by atoms with Crippen LogP contribution in [0.1, 0.15) is 4.88 Å². The molecule has 0 aliphatic rings. The number of thiophene rings is 1. The van der Waals surface area contributed by atoms with Crippen molar-refractivity contribution in [3.63, 3.8) is 0 Å². The van der Waals surface area contributed by atoms with Crippen LogP contribution in [0.2, 0.25) is 4.34 Å². The first kappa shape index (κ1) is 15.6. The number of hydrogen-bond acceptors (Lipinski definition) is 3. The molecule has 0 atom stereocenters. The Bertz CT molecular complexity index is 648. The summed E-state index contributed by atoms with van der Waals surface area (Å²) in [4.78, 5) is 14.6. The predicted octanol–water partition coefficient (Wildman–Crippen LogP) is 4.21. The molecular formula is C14H14ClFN2O2S. The van der Waals surface area contributed by atoms with Crippen LogP contribution in [0, 0.1) is 5.82 Å². The topological polar surface area (TPSA) is 41.6 Å². The predicted molar refractivity (Wildman–Crippen MR) is 82.8 cm³/mol. The molecule has 112 valence electrons. The molecular weight excluding hydrogens is 315 g/mol. The second-order valence-electron chi connectivity index (χ2n) is 4.34. The fourth-order valence-corrected chi connectivity index (χ4v) is 2.86. The van der Waals surface area contributed by atoms with E-state index in [0.29, 0.717) is 16.6 Å². The van der Waals surface area contributed by atoms with Crippen LogP contribution in [0.3, 0.4) is 0 Å². The fourth-order valence-electron chi connectivity index (χ4n) is 1.72. The molecule has 1 aromatic carbocycles. The van der Waals surface area contributed by atoms with Crippen molar-refractivity contribution in [1.29, 1.82) is 0 Å². The van der Waals surface area contributed by atoms with Crippen molar-refractivity contribution in [2.75, 3.05) is 19.5 Å². The van der Waals surface area contributed by atoms with Crippen molar-refractivity contribution in [2.45, 2.75) is 6.54 Å². The molecule has 0 bridgehead atoms. The summed E-state index contributed by atoms with van der Waals surface area (Å²) in [6, 6.07) is 7.28. The first-order valence-electron chi connectivity index (χ1n) is 6.09. The van der Waals surface area contributed by atoms with Gasteiger partial charge in [-0.1, -0.05) is 11.6 Å². The van der Waals surface area contributed by atoms with E-state index in [1.165, 1.54) is 41.5 Å². The van der Waals surface area contributed by atoms with Crippen molar-refractivity contribution < 1.29 is 13.9 Å². The van der Waals surface area contributed by atoms with Gasteiger partial charge in [-0.05, 0) is 24.3 Å². The van der Waals surface area contributed by atoms with Gasteiger partial charge in [0.05, 0.1) is 23.7 Å². The molecule has 0 aliphatic heterocycles. The maximum atomic E-state index is 13.1. The second-order valence-corrected chi connectivity index (χ2v) is 6.14. The molecule has 0 unspecified atom stereocenters. The first-order chi connectivity index (χ1) is 9.99. The van der Waals surface area contributed by atoms with Crippen LogP contribution in [0.15, 0.2) is 30.3 Å². The molecule has 1 heterocycles. The number of rotatable bonds is 4. The molecule has 1 N–H and O–H groups in total. The molecule has 2 aromatic rings. The highest BCUT2D eigenvalue weighted by atomic mass is 35.5. The zero-order valence-electron chi connectivity index (χ0n) is 11.5. The van der Waals surface area contributed by atoms with E-state index in [1.807, 2.05) is 6.07 Å². The molecule has 2 rings (SSSR count). The van der Waals surface area contributed by atoms with E-state index < -0.39 is 5.82 Å². The number of amides is 2. The molecule has 2 amide bonds. The van der Waals surface area contributed by atoms with Crippen molar-refractivity contribution >= 4 is 34.7 Å². The van der Waals surface area contributed by atoms with Crippen LogP contribution < -0.4 is 10.1 Å². The van der Waals surface area contributed by atoms with Gasteiger partial charge in [0.25, 0.3) is 0 Å². The monoisotopic (exact) mass is 328 g/mol. The van der Waals surface area contributed by atoms with Gasteiger partial charge in [-0.2, -0.15) is 0 Å². The normalized spacial score (nSPS) is 10.3. The lowest BCUT2D eigenvalue weighted by Crippen LogP contribution is -2.30. The lowest BCUT2D eigenvalue weighted by atomic mass is 10.3.